The predicted octanol–water partition coefficient (Wildman–Crippen LogP) is 3.99. The van der Waals surface area contributed by atoms with Crippen LogP contribution in [0.4, 0.5) is 0 Å². The van der Waals surface area contributed by atoms with E-state index in [2.05, 4.69) is 60.1 Å². The van der Waals surface area contributed by atoms with E-state index in [1.807, 2.05) is 0 Å². The quantitative estimate of drug-likeness (QED) is 0.572. The molecule has 0 unspecified atom stereocenters. The highest BCUT2D eigenvalue weighted by Crippen LogP contribution is 2.23. The maximum atomic E-state index is 5.39. The summed E-state index contributed by atoms with van der Waals surface area (Å²) in [5.74, 6) is 2.73. The Hall–Kier alpha value is -1.72. The van der Waals surface area contributed by atoms with Crippen molar-refractivity contribution in [2.45, 2.75) is 52.1 Å². The first kappa shape index (κ1) is 15.7. The van der Waals surface area contributed by atoms with Crippen LogP contribution in [0.15, 0.2) is 30.5 Å². The van der Waals surface area contributed by atoms with Crippen LogP contribution < -0.4 is 5.32 Å². The fourth-order valence-electron chi connectivity index (χ4n) is 2.72. The standard InChI is InChI=1S/C19H26N2/c1-4-5-14-21-15-17(10-8-9-13-20-16(2)3)18-11-6-7-12-19(18)21/h1,6-7,11-12,15-16,20H,5,8-10,13-14H2,2-3H3. The number of aromatic nitrogens is 1. The van der Waals surface area contributed by atoms with Gasteiger partial charge in [-0.1, -0.05) is 32.0 Å². The Morgan fingerprint density at radius 1 is 1.24 bits per heavy atom. The second kappa shape index (κ2) is 7.90. The highest BCUT2D eigenvalue weighted by Gasteiger charge is 2.07. The molecule has 0 saturated heterocycles. The number of benzene rings is 1. The normalized spacial score (nSPS) is 11.1. The van der Waals surface area contributed by atoms with Crippen LogP contribution in [0.5, 0.6) is 0 Å². The van der Waals surface area contributed by atoms with Gasteiger partial charge in [-0.15, -0.1) is 12.3 Å². The fraction of sp³-hybridized carbons (Fsp3) is 0.474. The SMILES string of the molecule is C#CCCn1cc(CCCCNC(C)C)c2ccccc21. The van der Waals surface area contributed by atoms with Gasteiger partial charge < -0.3 is 9.88 Å². The summed E-state index contributed by atoms with van der Waals surface area (Å²) in [6, 6.07) is 9.22. The lowest BCUT2D eigenvalue weighted by Crippen LogP contribution is -2.23. The monoisotopic (exact) mass is 282 g/mol. The molecule has 1 N–H and O–H groups in total. The summed E-state index contributed by atoms with van der Waals surface area (Å²) in [6.45, 7) is 6.40. The number of hydrogen-bond donors (Lipinski definition) is 1. The van der Waals surface area contributed by atoms with Gasteiger partial charge in [0.2, 0.25) is 0 Å². The summed E-state index contributed by atoms with van der Waals surface area (Å²) in [5.41, 5.74) is 2.76. The van der Waals surface area contributed by atoms with Crippen LogP contribution in [-0.2, 0) is 13.0 Å². The number of fused-ring (bicyclic) bond motifs is 1. The molecule has 2 heteroatoms. The minimum absolute atomic E-state index is 0.579. The average Bonchev–Trinajstić information content (AvgIpc) is 2.83. The predicted molar refractivity (Wildman–Crippen MR) is 91.5 cm³/mol. The number of nitrogens with one attached hydrogen (secondary N) is 1. The Kier molecular flexibility index (Phi) is 5.90. The van der Waals surface area contributed by atoms with Gasteiger partial charge in [-0.3, -0.25) is 0 Å². The summed E-state index contributed by atoms with van der Waals surface area (Å²) in [5, 5.41) is 4.86. The zero-order valence-electron chi connectivity index (χ0n) is 13.2. The van der Waals surface area contributed by atoms with Crippen molar-refractivity contribution in [3.63, 3.8) is 0 Å². The van der Waals surface area contributed by atoms with Crippen molar-refractivity contribution < 1.29 is 0 Å². The molecule has 21 heavy (non-hydrogen) atoms. The van der Waals surface area contributed by atoms with Crippen molar-refractivity contribution in [1.29, 1.82) is 0 Å². The highest BCUT2D eigenvalue weighted by atomic mass is 15.0. The van der Waals surface area contributed by atoms with Crippen LogP contribution in [-0.4, -0.2) is 17.2 Å². The summed E-state index contributed by atoms with van der Waals surface area (Å²) in [4.78, 5) is 0. The zero-order valence-corrected chi connectivity index (χ0v) is 13.2. The van der Waals surface area contributed by atoms with Crippen molar-refractivity contribution in [2.75, 3.05) is 6.54 Å². The Labute approximate surface area is 128 Å². The number of para-hydroxylation sites is 1. The molecule has 2 aromatic rings. The van der Waals surface area contributed by atoms with E-state index in [-0.39, 0.29) is 0 Å². The van der Waals surface area contributed by atoms with Crippen LogP contribution >= 0.6 is 0 Å². The first-order chi connectivity index (χ1) is 10.2. The molecule has 0 atom stereocenters. The van der Waals surface area contributed by atoms with Crippen LogP contribution in [0.25, 0.3) is 10.9 Å². The van der Waals surface area contributed by atoms with Crippen molar-refractivity contribution in [1.82, 2.24) is 9.88 Å². The first-order valence-electron chi connectivity index (χ1n) is 7.96. The summed E-state index contributed by atoms with van der Waals surface area (Å²) >= 11 is 0. The van der Waals surface area contributed by atoms with Crippen LogP contribution in [0.3, 0.4) is 0 Å². The van der Waals surface area contributed by atoms with Gasteiger partial charge in [0.05, 0.1) is 0 Å². The molecule has 0 bridgehead atoms. The summed E-state index contributed by atoms with van der Waals surface area (Å²) in [6.07, 6.45) is 12.1. The van der Waals surface area contributed by atoms with Gasteiger partial charge in [0.1, 0.15) is 0 Å². The first-order valence-corrected chi connectivity index (χ1v) is 7.96. The van der Waals surface area contributed by atoms with Gasteiger partial charge in [0.15, 0.2) is 0 Å². The Morgan fingerprint density at radius 3 is 2.81 bits per heavy atom. The molecular weight excluding hydrogens is 256 g/mol. The molecular formula is C19H26N2. The molecule has 0 radical (unpaired) electrons. The summed E-state index contributed by atoms with van der Waals surface area (Å²) in [7, 11) is 0. The molecule has 0 spiro atoms. The topological polar surface area (TPSA) is 17.0 Å². The third-order valence-corrected chi connectivity index (χ3v) is 3.79. The molecule has 2 rings (SSSR count). The van der Waals surface area contributed by atoms with E-state index in [0.717, 1.165) is 25.9 Å². The third kappa shape index (κ3) is 4.37. The molecule has 0 aliphatic rings. The van der Waals surface area contributed by atoms with Crippen molar-refractivity contribution in [3.05, 3.63) is 36.0 Å². The largest absolute Gasteiger partial charge is 0.346 e. The van der Waals surface area contributed by atoms with E-state index in [1.54, 1.807) is 0 Å². The average molecular weight is 282 g/mol. The lowest BCUT2D eigenvalue weighted by molar-refractivity contribution is 0.557. The second-order valence-corrected chi connectivity index (χ2v) is 5.88. The molecule has 0 amide bonds. The van der Waals surface area contributed by atoms with E-state index >= 15 is 0 Å². The van der Waals surface area contributed by atoms with Crippen LogP contribution in [0.2, 0.25) is 0 Å². The maximum absolute atomic E-state index is 5.39. The molecule has 0 fully saturated rings. The number of nitrogens with zero attached hydrogens (tertiary/aromatic N) is 1. The van der Waals surface area contributed by atoms with E-state index < -0.39 is 0 Å². The minimum Gasteiger partial charge on any atom is -0.346 e. The zero-order chi connectivity index (χ0) is 15.1. The van der Waals surface area contributed by atoms with Gasteiger partial charge >= 0.3 is 0 Å². The third-order valence-electron chi connectivity index (χ3n) is 3.79. The molecule has 112 valence electrons. The number of aryl methyl sites for hydroxylation is 2. The van der Waals surface area contributed by atoms with Crippen molar-refractivity contribution in [3.8, 4) is 12.3 Å². The van der Waals surface area contributed by atoms with Gasteiger partial charge in [-0.2, -0.15) is 0 Å². The van der Waals surface area contributed by atoms with Gasteiger partial charge in [0, 0.05) is 36.1 Å². The van der Waals surface area contributed by atoms with E-state index in [9.17, 15) is 0 Å². The molecule has 1 aromatic carbocycles. The fourth-order valence-corrected chi connectivity index (χ4v) is 2.72. The molecule has 1 heterocycles. The molecule has 0 aliphatic heterocycles. The van der Waals surface area contributed by atoms with Gasteiger partial charge in [-0.05, 0) is 37.4 Å². The highest BCUT2D eigenvalue weighted by molar-refractivity contribution is 5.83. The van der Waals surface area contributed by atoms with Crippen molar-refractivity contribution >= 4 is 10.9 Å². The smallest absolute Gasteiger partial charge is 0.0483 e. The van der Waals surface area contributed by atoms with E-state index in [1.165, 1.54) is 29.3 Å². The lowest BCUT2D eigenvalue weighted by atomic mass is 10.1. The van der Waals surface area contributed by atoms with Crippen LogP contribution in [0, 0.1) is 12.3 Å². The van der Waals surface area contributed by atoms with E-state index in [0.29, 0.717) is 6.04 Å². The number of terminal acetylenes is 1. The number of rotatable bonds is 8. The van der Waals surface area contributed by atoms with Gasteiger partial charge in [-0.25, -0.2) is 0 Å². The summed E-state index contributed by atoms with van der Waals surface area (Å²) < 4.78 is 2.30. The Balaban J connectivity index is 2.00. The van der Waals surface area contributed by atoms with Crippen LogP contribution in [0.1, 0.15) is 38.7 Å². The van der Waals surface area contributed by atoms with Crippen molar-refractivity contribution in [2.24, 2.45) is 0 Å². The number of hydrogen-bond acceptors (Lipinski definition) is 1. The molecule has 0 saturated carbocycles. The molecule has 0 aliphatic carbocycles. The van der Waals surface area contributed by atoms with E-state index in [4.69, 9.17) is 6.42 Å². The molecule has 2 nitrogen and oxygen atoms in total. The second-order valence-electron chi connectivity index (χ2n) is 5.88. The lowest BCUT2D eigenvalue weighted by Gasteiger charge is -2.07. The Bertz CT molecular complexity index is 602. The van der Waals surface area contributed by atoms with Gasteiger partial charge in [0.25, 0.3) is 0 Å². The Morgan fingerprint density at radius 2 is 2.05 bits per heavy atom. The minimum atomic E-state index is 0.579. The molecule has 1 aromatic heterocycles. The maximum Gasteiger partial charge on any atom is 0.0483 e. The number of unbranched alkanes of at least 4 members (excludes halogenated alkanes) is 1.